The van der Waals surface area contributed by atoms with Crippen LogP contribution < -0.4 is 0 Å². The van der Waals surface area contributed by atoms with Gasteiger partial charge < -0.3 is 9.64 Å². The summed E-state index contributed by atoms with van der Waals surface area (Å²) in [6, 6.07) is 6.98. The van der Waals surface area contributed by atoms with E-state index >= 15 is 0 Å². The lowest BCUT2D eigenvalue weighted by atomic mass is 10.1. The summed E-state index contributed by atoms with van der Waals surface area (Å²) in [5.74, 6) is -0.145. The number of halogens is 1. The summed E-state index contributed by atoms with van der Waals surface area (Å²) < 4.78 is 6.71. The molecule has 2 amide bonds. The van der Waals surface area contributed by atoms with Crippen molar-refractivity contribution in [3.63, 3.8) is 0 Å². The van der Waals surface area contributed by atoms with Gasteiger partial charge in [0.05, 0.1) is 22.3 Å². The zero-order chi connectivity index (χ0) is 16.7. The molecule has 1 atom stereocenters. The lowest BCUT2D eigenvalue weighted by molar-refractivity contribution is 0.0617. The maximum Gasteiger partial charge on any atom is 0.410 e. The quantitative estimate of drug-likeness (QED) is 0.831. The smallest absolute Gasteiger partial charge is 0.410 e. The zero-order valence-electron chi connectivity index (χ0n) is 12.8. The van der Waals surface area contributed by atoms with E-state index in [1.54, 1.807) is 39.0 Å². The van der Waals surface area contributed by atoms with Crippen LogP contribution in [0.25, 0.3) is 5.69 Å². The Morgan fingerprint density at radius 2 is 2.21 bits per heavy atom. The fourth-order valence-corrected chi connectivity index (χ4v) is 3.28. The summed E-state index contributed by atoms with van der Waals surface area (Å²) in [6.45, 7) is 1.72. The van der Waals surface area contributed by atoms with Crippen LogP contribution in [0.2, 0.25) is 5.02 Å². The SMILES string of the molecule is O=C(c1cc(-n2cccn2)ccc1Cl)N1CCN2C(=O)OC[C@@H]2C1. The molecule has 24 heavy (non-hydrogen) atoms. The Labute approximate surface area is 143 Å². The van der Waals surface area contributed by atoms with Crippen molar-refractivity contribution in [3.05, 3.63) is 47.2 Å². The van der Waals surface area contributed by atoms with Gasteiger partial charge in [0.15, 0.2) is 0 Å². The molecule has 0 bridgehead atoms. The van der Waals surface area contributed by atoms with Crippen molar-refractivity contribution in [2.45, 2.75) is 6.04 Å². The molecular formula is C16H15ClN4O3. The van der Waals surface area contributed by atoms with Crippen LogP contribution in [0.1, 0.15) is 10.4 Å². The number of benzene rings is 1. The van der Waals surface area contributed by atoms with Crippen LogP contribution >= 0.6 is 11.6 Å². The molecule has 124 valence electrons. The van der Waals surface area contributed by atoms with E-state index in [4.69, 9.17) is 16.3 Å². The maximum atomic E-state index is 12.9. The predicted molar refractivity (Wildman–Crippen MR) is 86.3 cm³/mol. The second kappa shape index (κ2) is 5.83. The van der Waals surface area contributed by atoms with E-state index in [1.165, 1.54) is 0 Å². The number of cyclic esters (lactones) is 1. The second-order valence-electron chi connectivity index (χ2n) is 5.79. The van der Waals surface area contributed by atoms with Crippen LogP contribution in [0, 0.1) is 0 Å². The van der Waals surface area contributed by atoms with E-state index in [0.717, 1.165) is 5.69 Å². The van der Waals surface area contributed by atoms with Gasteiger partial charge in [-0.1, -0.05) is 11.6 Å². The highest BCUT2D eigenvalue weighted by Crippen LogP contribution is 2.24. The molecule has 2 aliphatic rings. The Hall–Kier alpha value is -2.54. The number of hydrogen-bond donors (Lipinski definition) is 0. The van der Waals surface area contributed by atoms with E-state index in [1.807, 2.05) is 12.1 Å². The maximum absolute atomic E-state index is 12.9. The highest BCUT2D eigenvalue weighted by molar-refractivity contribution is 6.33. The number of ether oxygens (including phenoxy) is 1. The number of carbonyl (C=O) groups is 2. The number of nitrogens with zero attached hydrogens (tertiary/aromatic N) is 4. The normalized spacial score (nSPS) is 20.0. The predicted octanol–water partition coefficient (Wildman–Crippen LogP) is 1.80. The lowest BCUT2D eigenvalue weighted by Crippen LogP contribution is -2.53. The molecule has 8 heteroatoms. The fourth-order valence-electron chi connectivity index (χ4n) is 3.08. The highest BCUT2D eigenvalue weighted by atomic mass is 35.5. The van der Waals surface area contributed by atoms with E-state index in [9.17, 15) is 9.59 Å². The van der Waals surface area contributed by atoms with Crippen molar-refractivity contribution in [2.24, 2.45) is 0 Å². The first-order chi connectivity index (χ1) is 11.6. The largest absolute Gasteiger partial charge is 0.447 e. The Kier molecular flexibility index (Phi) is 3.65. The van der Waals surface area contributed by atoms with Crippen LogP contribution in [0.5, 0.6) is 0 Å². The molecule has 0 spiro atoms. The zero-order valence-corrected chi connectivity index (χ0v) is 13.5. The Morgan fingerprint density at radius 1 is 1.33 bits per heavy atom. The van der Waals surface area contributed by atoms with Crippen LogP contribution in [0.4, 0.5) is 4.79 Å². The van der Waals surface area contributed by atoms with Crippen LogP contribution in [-0.2, 0) is 4.74 Å². The molecule has 7 nitrogen and oxygen atoms in total. The molecule has 1 aromatic carbocycles. The Bertz CT molecular complexity index is 793. The number of carbonyl (C=O) groups excluding carboxylic acids is 2. The molecule has 2 saturated heterocycles. The first-order valence-electron chi connectivity index (χ1n) is 7.66. The molecule has 0 saturated carbocycles. The van der Waals surface area contributed by atoms with Gasteiger partial charge in [0.1, 0.15) is 6.61 Å². The molecule has 0 unspecified atom stereocenters. The third-order valence-electron chi connectivity index (χ3n) is 4.35. The van der Waals surface area contributed by atoms with Crippen molar-refractivity contribution in [1.82, 2.24) is 19.6 Å². The molecule has 2 aromatic rings. The Morgan fingerprint density at radius 3 is 3.00 bits per heavy atom. The fraction of sp³-hybridized carbons (Fsp3) is 0.312. The monoisotopic (exact) mass is 346 g/mol. The summed E-state index contributed by atoms with van der Waals surface area (Å²) in [5, 5.41) is 4.57. The van der Waals surface area contributed by atoms with Crippen molar-refractivity contribution in [2.75, 3.05) is 26.2 Å². The highest BCUT2D eigenvalue weighted by Gasteiger charge is 2.39. The minimum atomic E-state index is -0.300. The van der Waals surface area contributed by atoms with Gasteiger partial charge in [-0.2, -0.15) is 5.10 Å². The van der Waals surface area contributed by atoms with Gasteiger partial charge in [0, 0.05) is 32.0 Å². The van der Waals surface area contributed by atoms with Gasteiger partial charge in [-0.25, -0.2) is 9.48 Å². The first kappa shape index (κ1) is 15.0. The van der Waals surface area contributed by atoms with Crippen LogP contribution in [0.15, 0.2) is 36.7 Å². The second-order valence-corrected chi connectivity index (χ2v) is 6.20. The lowest BCUT2D eigenvalue weighted by Gasteiger charge is -2.35. The van der Waals surface area contributed by atoms with E-state index in [0.29, 0.717) is 36.8 Å². The van der Waals surface area contributed by atoms with Gasteiger partial charge in [-0.15, -0.1) is 0 Å². The first-order valence-corrected chi connectivity index (χ1v) is 8.03. The number of piperazine rings is 1. The molecule has 1 aromatic heterocycles. The molecule has 2 fully saturated rings. The van der Waals surface area contributed by atoms with Crippen molar-refractivity contribution < 1.29 is 14.3 Å². The summed E-state index contributed by atoms with van der Waals surface area (Å²) >= 11 is 6.24. The van der Waals surface area contributed by atoms with Gasteiger partial charge >= 0.3 is 6.09 Å². The summed E-state index contributed by atoms with van der Waals surface area (Å²) in [7, 11) is 0. The van der Waals surface area contributed by atoms with E-state index in [-0.39, 0.29) is 18.0 Å². The van der Waals surface area contributed by atoms with Gasteiger partial charge in [-0.3, -0.25) is 9.69 Å². The number of hydrogen-bond acceptors (Lipinski definition) is 4. The number of aromatic nitrogens is 2. The summed E-state index contributed by atoms with van der Waals surface area (Å²) in [6.07, 6.45) is 3.18. The molecule has 0 aliphatic carbocycles. The van der Waals surface area contributed by atoms with E-state index < -0.39 is 0 Å². The minimum absolute atomic E-state index is 0.0803. The molecule has 4 rings (SSSR count). The van der Waals surface area contributed by atoms with Gasteiger partial charge in [-0.05, 0) is 24.3 Å². The van der Waals surface area contributed by atoms with Gasteiger partial charge in [0.25, 0.3) is 5.91 Å². The Balaban J connectivity index is 1.58. The van der Waals surface area contributed by atoms with Crippen molar-refractivity contribution >= 4 is 23.6 Å². The molecule has 2 aliphatic heterocycles. The van der Waals surface area contributed by atoms with E-state index in [2.05, 4.69) is 5.10 Å². The molecule has 0 N–H and O–H groups in total. The summed E-state index contributed by atoms with van der Waals surface area (Å²) in [4.78, 5) is 27.8. The van der Waals surface area contributed by atoms with Crippen LogP contribution in [-0.4, -0.2) is 63.9 Å². The van der Waals surface area contributed by atoms with Crippen molar-refractivity contribution in [3.8, 4) is 5.69 Å². The average molecular weight is 347 g/mol. The molecule has 3 heterocycles. The number of fused-ring (bicyclic) bond motifs is 1. The van der Waals surface area contributed by atoms with Crippen LogP contribution in [0.3, 0.4) is 0 Å². The standard InChI is InChI=1S/C16H15ClN4O3/c17-14-3-2-11(21-5-1-4-18-21)8-13(14)15(22)19-6-7-20-12(9-19)10-24-16(20)23/h1-5,8,12H,6-7,9-10H2/t12-/m0/s1. The topological polar surface area (TPSA) is 67.7 Å². The average Bonchev–Trinajstić information content (AvgIpc) is 3.25. The number of amides is 2. The van der Waals surface area contributed by atoms with Gasteiger partial charge in [0.2, 0.25) is 0 Å². The number of rotatable bonds is 2. The third-order valence-corrected chi connectivity index (χ3v) is 4.68. The third kappa shape index (κ3) is 2.50. The minimum Gasteiger partial charge on any atom is -0.447 e. The van der Waals surface area contributed by atoms with Crippen molar-refractivity contribution in [1.29, 1.82) is 0 Å². The molecule has 0 radical (unpaired) electrons. The molecular weight excluding hydrogens is 332 g/mol. The summed E-state index contributed by atoms with van der Waals surface area (Å²) in [5.41, 5.74) is 1.20.